The lowest BCUT2D eigenvalue weighted by atomic mass is 10.1. The van der Waals surface area contributed by atoms with Crippen molar-refractivity contribution in [2.24, 2.45) is 10.7 Å². The molecule has 1 aliphatic heterocycles. The van der Waals surface area contributed by atoms with Crippen LogP contribution in [0, 0.1) is 0 Å². The molecule has 0 unspecified atom stereocenters. The predicted octanol–water partition coefficient (Wildman–Crippen LogP) is 1.84. The molecule has 1 atom stereocenters. The third-order valence-corrected chi connectivity index (χ3v) is 3.43. The Balaban J connectivity index is 1.70. The summed E-state index contributed by atoms with van der Waals surface area (Å²) in [6.45, 7) is 2.18. The van der Waals surface area contributed by atoms with Crippen molar-refractivity contribution in [1.29, 1.82) is 0 Å². The maximum Gasteiger partial charge on any atom is 0.282 e. The number of halogens is 2. The largest absolute Gasteiger partial charge is 0.463 e. The Morgan fingerprint density at radius 1 is 1.39 bits per heavy atom. The summed E-state index contributed by atoms with van der Waals surface area (Å²) in [4.78, 5) is 4.13. The summed E-state index contributed by atoms with van der Waals surface area (Å²) in [5, 5.41) is 4.49. The Labute approximate surface area is 116 Å². The standard InChI is InChI=1S/C12H15Cl2N3O/c13-10-2-1-8(5-11(10)14)3-4-16-6-9-7-18-12(15)17-9/h1-2,5,9,16H,3-4,6-7H2,(H2,15,17)/t9-/m1/s1. The van der Waals surface area contributed by atoms with Crippen LogP contribution in [0.2, 0.25) is 10.0 Å². The van der Waals surface area contributed by atoms with Gasteiger partial charge in [0.05, 0.1) is 10.0 Å². The van der Waals surface area contributed by atoms with Crippen molar-refractivity contribution in [2.45, 2.75) is 12.5 Å². The van der Waals surface area contributed by atoms with E-state index in [9.17, 15) is 0 Å². The van der Waals surface area contributed by atoms with Gasteiger partial charge in [0.15, 0.2) is 0 Å². The number of nitrogens with zero attached hydrogens (tertiary/aromatic N) is 1. The number of hydrogen-bond donors (Lipinski definition) is 2. The van der Waals surface area contributed by atoms with Gasteiger partial charge in [-0.3, -0.25) is 0 Å². The zero-order chi connectivity index (χ0) is 13.0. The van der Waals surface area contributed by atoms with Crippen LogP contribution in [-0.2, 0) is 11.2 Å². The first kappa shape index (κ1) is 13.5. The average molecular weight is 288 g/mol. The topological polar surface area (TPSA) is 59.6 Å². The number of amidine groups is 1. The molecule has 0 radical (unpaired) electrons. The zero-order valence-electron chi connectivity index (χ0n) is 9.83. The lowest BCUT2D eigenvalue weighted by Crippen LogP contribution is -2.28. The molecule has 0 fully saturated rings. The van der Waals surface area contributed by atoms with Gasteiger partial charge in [-0.2, -0.15) is 0 Å². The van der Waals surface area contributed by atoms with Crippen LogP contribution in [0.5, 0.6) is 0 Å². The molecule has 1 aromatic carbocycles. The molecule has 0 saturated heterocycles. The summed E-state index contributed by atoms with van der Waals surface area (Å²) in [5.41, 5.74) is 6.58. The van der Waals surface area contributed by atoms with Gasteiger partial charge in [-0.05, 0) is 30.7 Å². The summed E-state index contributed by atoms with van der Waals surface area (Å²) in [6, 6.07) is 6.09. The smallest absolute Gasteiger partial charge is 0.282 e. The average Bonchev–Trinajstić information content (AvgIpc) is 2.75. The van der Waals surface area contributed by atoms with Gasteiger partial charge in [0.25, 0.3) is 6.02 Å². The second-order valence-electron chi connectivity index (χ2n) is 4.13. The molecule has 3 N–H and O–H groups in total. The third-order valence-electron chi connectivity index (χ3n) is 2.69. The van der Waals surface area contributed by atoms with E-state index in [1.54, 1.807) is 0 Å². The van der Waals surface area contributed by atoms with Gasteiger partial charge in [-0.15, -0.1) is 0 Å². The first-order chi connectivity index (χ1) is 8.65. The van der Waals surface area contributed by atoms with Crippen LogP contribution in [0.1, 0.15) is 5.56 Å². The van der Waals surface area contributed by atoms with E-state index in [-0.39, 0.29) is 12.1 Å². The molecule has 0 saturated carbocycles. The van der Waals surface area contributed by atoms with Crippen LogP contribution in [0.15, 0.2) is 23.2 Å². The summed E-state index contributed by atoms with van der Waals surface area (Å²) in [6.07, 6.45) is 0.893. The SMILES string of the molecule is NC1=N[C@H](CNCCc2ccc(Cl)c(Cl)c2)CO1. The molecule has 98 valence electrons. The molecule has 0 bridgehead atoms. The van der Waals surface area contributed by atoms with E-state index in [4.69, 9.17) is 33.7 Å². The Morgan fingerprint density at radius 3 is 2.89 bits per heavy atom. The molecule has 1 heterocycles. The van der Waals surface area contributed by atoms with Crippen LogP contribution in [0.25, 0.3) is 0 Å². The second kappa shape index (κ2) is 6.27. The second-order valence-corrected chi connectivity index (χ2v) is 4.95. The zero-order valence-corrected chi connectivity index (χ0v) is 11.3. The molecular formula is C12H15Cl2N3O. The number of nitrogens with one attached hydrogen (secondary N) is 1. The first-order valence-electron chi connectivity index (χ1n) is 5.76. The van der Waals surface area contributed by atoms with E-state index < -0.39 is 0 Å². The van der Waals surface area contributed by atoms with Gasteiger partial charge in [0.2, 0.25) is 0 Å². The normalized spacial score (nSPS) is 18.6. The van der Waals surface area contributed by atoms with Gasteiger partial charge < -0.3 is 15.8 Å². The molecule has 4 nitrogen and oxygen atoms in total. The van der Waals surface area contributed by atoms with Crippen LogP contribution in [0.3, 0.4) is 0 Å². The molecule has 0 aliphatic carbocycles. The van der Waals surface area contributed by atoms with Gasteiger partial charge in [-0.1, -0.05) is 29.3 Å². The maximum absolute atomic E-state index is 5.95. The van der Waals surface area contributed by atoms with E-state index in [1.807, 2.05) is 18.2 Å². The van der Waals surface area contributed by atoms with Gasteiger partial charge >= 0.3 is 0 Å². The summed E-state index contributed by atoms with van der Waals surface area (Å²) in [7, 11) is 0. The van der Waals surface area contributed by atoms with Crippen molar-refractivity contribution >= 4 is 29.2 Å². The van der Waals surface area contributed by atoms with E-state index in [0.29, 0.717) is 16.7 Å². The minimum atomic E-state index is 0.124. The summed E-state index contributed by atoms with van der Waals surface area (Å²) in [5.74, 6) is 0. The minimum Gasteiger partial charge on any atom is -0.463 e. The van der Waals surface area contributed by atoms with Gasteiger partial charge in [0.1, 0.15) is 12.6 Å². The number of nitrogens with two attached hydrogens (primary N) is 1. The lowest BCUT2D eigenvalue weighted by Gasteiger charge is -2.08. The van der Waals surface area contributed by atoms with Crippen molar-refractivity contribution in [3.8, 4) is 0 Å². The lowest BCUT2D eigenvalue weighted by molar-refractivity contribution is 0.309. The highest BCUT2D eigenvalue weighted by Gasteiger charge is 2.15. The molecular weight excluding hydrogens is 273 g/mol. The van der Waals surface area contributed by atoms with Crippen LogP contribution in [-0.4, -0.2) is 31.8 Å². The third kappa shape index (κ3) is 3.77. The fraction of sp³-hybridized carbons (Fsp3) is 0.417. The Kier molecular flexibility index (Phi) is 4.69. The quantitative estimate of drug-likeness (QED) is 0.813. The van der Waals surface area contributed by atoms with Crippen molar-refractivity contribution in [3.05, 3.63) is 33.8 Å². The highest BCUT2D eigenvalue weighted by molar-refractivity contribution is 6.42. The predicted molar refractivity (Wildman–Crippen MR) is 74.4 cm³/mol. The summed E-state index contributed by atoms with van der Waals surface area (Å²) >= 11 is 11.8. The molecule has 6 heteroatoms. The number of benzene rings is 1. The van der Waals surface area contributed by atoms with Crippen LogP contribution in [0.4, 0.5) is 0 Å². The fourth-order valence-electron chi connectivity index (χ4n) is 1.74. The van der Waals surface area contributed by atoms with Crippen LogP contribution >= 0.6 is 23.2 Å². The van der Waals surface area contributed by atoms with Crippen molar-refractivity contribution in [3.63, 3.8) is 0 Å². The van der Waals surface area contributed by atoms with E-state index in [2.05, 4.69) is 10.3 Å². The number of aliphatic imine (C=N–C) groups is 1. The Morgan fingerprint density at radius 2 is 2.22 bits per heavy atom. The molecule has 1 aliphatic rings. The van der Waals surface area contributed by atoms with Crippen molar-refractivity contribution in [2.75, 3.05) is 19.7 Å². The minimum absolute atomic E-state index is 0.124. The van der Waals surface area contributed by atoms with E-state index >= 15 is 0 Å². The molecule has 2 rings (SSSR count). The molecule has 0 amide bonds. The van der Waals surface area contributed by atoms with E-state index in [0.717, 1.165) is 25.1 Å². The van der Waals surface area contributed by atoms with Gasteiger partial charge in [-0.25, -0.2) is 4.99 Å². The van der Waals surface area contributed by atoms with Crippen molar-refractivity contribution < 1.29 is 4.74 Å². The molecule has 0 spiro atoms. The first-order valence-corrected chi connectivity index (χ1v) is 6.51. The van der Waals surface area contributed by atoms with Crippen LogP contribution < -0.4 is 11.1 Å². The fourth-order valence-corrected chi connectivity index (χ4v) is 2.06. The number of hydrogen-bond acceptors (Lipinski definition) is 4. The molecule has 1 aromatic rings. The number of ether oxygens (including phenoxy) is 1. The highest BCUT2D eigenvalue weighted by atomic mass is 35.5. The molecule has 0 aromatic heterocycles. The highest BCUT2D eigenvalue weighted by Crippen LogP contribution is 2.22. The van der Waals surface area contributed by atoms with Crippen molar-refractivity contribution in [1.82, 2.24) is 5.32 Å². The maximum atomic E-state index is 5.95. The molecule has 18 heavy (non-hydrogen) atoms. The van der Waals surface area contributed by atoms with Gasteiger partial charge in [0, 0.05) is 6.54 Å². The monoisotopic (exact) mass is 287 g/mol. The summed E-state index contributed by atoms with van der Waals surface area (Å²) < 4.78 is 5.07. The van der Waals surface area contributed by atoms with E-state index in [1.165, 1.54) is 0 Å². The number of rotatable bonds is 5. The Hall–Kier alpha value is -0.970. The Bertz CT molecular complexity index is 451.